The number of fused-ring (bicyclic) bond motifs is 1. The van der Waals surface area contributed by atoms with Crippen molar-refractivity contribution in [2.75, 3.05) is 11.1 Å². The first-order valence-corrected chi connectivity index (χ1v) is 12.5. The maximum Gasteiger partial charge on any atom is 0.266 e. The largest absolute Gasteiger partial charge is 0.325 e. The molecule has 3 aromatic carbocycles. The summed E-state index contributed by atoms with van der Waals surface area (Å²) in [6.07, 6.45) is 0. The first-order valence-electron chi connectivity index (χ1n) is 9.56. The van der Waals surface area contributed by atoms with E-state index in [1.807, 2.05) is 0 Å². The van der Waals surface area contributed by atoms with E-state index in [2.05, 4.69) is 10.3 Å². The molecule has 0 atom stereocenters. The van der Waals surface area contributed by atoms with Gasteiger partial charge < -0.3 is 5.32 Å². The van der Waals surface area contributed by atoms with Crippen LogP contribution in [-0.4, -0.2) is 29.6 Å². The van der Waals surface area contributed by atoms with E-state index in [1.165, 1.54) is 22.8 Å². The molecule has 0 fully saturated rings. The average molecular weight is 501 g/mol. The van der Waals surface area contributed by atoms with Crippen LogP contribution in [0.2, 0.25) is 5.02 Å². The van der Waals surface area contributed by atoms with Gasteiger partial charge in [0.1, 0.15) is 0 Å². The van der Waals surface area contributed by atoms with E-state index in [-0.39, 0.29) is 21.9 Å². The third kappa shape index (κ3) is 5.09. The van der Waals surface area contributed by atoms with Crippen LogP contribution in [0.4, 0.5) is 5.69 Å². The molecule has 0 saturated heterocycles. The number of anilines is 1. The molecular formula is C22H17ClN4O4S2. The molecule has 0 saturated carbocycles. The number of carbonyl (C=O) groups excluding carboxylic acids is 1. The zero-order valence-electron chi connectivity index (χ0n) is 16.9. The van der Waals surface area contributed by atoms with Gasteiger partial charge in [-0.15, -0.1) is 0 Å². The first-order chi connectivity index (χ1) is 15.7. The molecule has 0 spiro atoms. The number of sulfonamides is 1. The van der Waals surface area contributed by atoms with Crippen LogP contribution in [0.25, 0.3) is 16.6 Å². The summed E-state index contributed by atoms with van der Waals surface area (Å²) in [5, 5.41) is 8.84. The van der Waals surface area contributed by atoms with E-state index < -0.39 is 15.9 Å². The van der Waals surface area contributed by atoms with Crippen molar-refractivity contribution in [3.8, 4) is 5.69 Å². The molecule has 1 heterocycles. The fourth-order valence-corrected chi connectivity index (χ4v) is 4.72. The number of hydrogen-bond acceptors (Lipinski definition) is 6. The molecule has 1 amide bonds. The van der Waals surface area contributed by atoms with E-state index in [0.717, 1.165) is 11.8 Å². The van der Waals surface area contributed by atoms with Crippen LogP contribution in [-0.2, 0) is 14.8 Å². The summed E-state index contributed by atoms with van der Waals surface area (Å²) in [4.78, 5) is 30.3. The number of nitrogens with one attached hydrogen (secondary N) is 1. The molecule has 0 radical (unpaired) electrons. The number of halogens is 1. The molecule has 33 heavy (non-hydrogen) atoms. The fourth-order valence-electron chi connectivity index (χ4n) is 3.13. The minimum absolute atomic E-state index is 0.0885. The highest BCUT2D eigenvalue weighted by Crippen LogP contribution is 2.26. The number of amides is 1. The SMILES string of the molecule is NS(=O)(=O)c1cccc(NC(=O)CSc2nc3ccccc3c(=O)n2-c2ccccc2Cl)c1. The molecule has 1 aromatic heterocycles. The van der Waals surface area contributed by atoms with Crippen LogP contribution in [0, 0.1) is 0 Å². The third-order valence-corrected chi connectivity index (χ3v) is 6.79. The molecule has 4 aromatic rings. The Hall–Kier alpha value is -3.18. The van der Waals surface area contributed by atoms with Crippen molar-refractivity contribution in [3.05, 3.63) is 88.2 Å². The number of rotatable bonds is 6. The molecule has 0 aliphatic rings. The Kier molecular flexibility index (Phi) is 6.52. The molecular weight excluding hydrogens is 484 g/mol. The zero-order chi connectivity index (χ0) is 23.6. The summed E-state index contributed by atoms with van der Waals surface area (Å²) < 4.78 is 24.4. The van der Waals surface area contributed by atoms with E-state index in [0.29, 0.717) is 26.8 Å². The Bertz CT molecular complexity index is 1540. The van der Waals surface area contributed by atoms with Gasteiger partial charge in [0.25, 0.3) is 5.56 Å². The van der Waals surface area contributed by atoms with E-state index in [9.17, 15) is 18.0 Å². The highest BCUT2D eigenvalue weighted by molar-refractivity contribution is 7.99. The molecule has 0 aliphatic heterocycles. The summed E-state index contributed by atoms with van der Waals surface area (Å²) in [6, 6.07) is 19.4. The van der Waals surface area contributed by atoms with Crippen LogP contribution in [0.1, 0.15) is 0 Å². The number of hydrogen-bond donors (Lipinski definition) is 2. The topological polar surface area (TPSA) is 124 Å². The lowest BCUT2D eigenvalue weighted by Crippen LogP contribution is -2.23. The van der Waals surface area contributed by atoms with Gasteiger partial charge in [0, 0.05) is 5.69 Å². The Balaban J connectivity index is 1.65. The molecule has 11 heteroatoms. The van der Waals surface area contributed by atoms with Gasteiger partial charge in [-0.2, -0.15) is 0 Å². The second-order valence-electron chi connectivity index (χ2n) is 6.91. The predicted molar refractivity (Wildman–Crippen MR) is 130 cm³/mol. The minimum atomic E-state index is -3.90. The summed E-state index contributed by atoms with van der Waals surface area (Å²) in [6.45, 7) is 0. The lowest BCUT2D eigenvalue weighted by Gasteiger charge is -2.14. The number of benzene rings is 3. The van der Waals surface area contributed by atoms with Crippen molar-refractivity contribution < 1.29 is 13.2 Å². The lowest BCUT2D eigenvalue weighted by molar-refractivity contribution is -0.113. The van der Waals surface area contributed by atoms with Crippen molar-refractivity contribution in [2.24, 2.45) is 5.14 Å². The molecule has 0 bridgehead atoms. The summed E-state index contributed by atoms with van der Waals surface area (Å²) in [5.74, 6) is -0.505. The highest BCUT2D eigenvalue weighted by Gasteiger charge is 2.17. The van der Waals surface area contributed by atoms with Gasteiger partial charge in [0.2, 0.25) is 15.9 Å². The van der Waals surface area contributed by atoms with Crippen molar-refractivity contribution in [2.45, 2.75) is 10.1 Å². The molecule has 168 valence electrons. The van der Waals surface area contributed by atoms with Gasteiger partial charge in [-0.1, -0.05) is 53.7 Å². The number of aromatic nitrogens is 2. The lowest BCUT2D eigenvalue weighted by atomic mass is 10.2. The van der Waals surface area contributed by atoms with Crippen LogP contribution < -0.4 is 16.0 Å². The number of thioether (sulfide) groups is 1. The predicted octanol–water partition coefficient (Wildman–Crippen LogP) is 3.42. The van der Waals surface area contributed by atoms with Gasteiger partial charge in [0.05, 0.1) is 32.3 Å². The third-order valence-electron chi connectivity index (χ3n) is 4.62. The first kappa shape index (κ1) is 23.0. The van der Waals surface area contributed by atoms with E-state index in [4.69, 9.17) is 16.7 Å². The van der Waals surface area contributed by atoms with Crippen molar-refractivity contribution in [1.82, 2.24) is 9.55 Å². The molecule has 0 unspecified atom stereocenters. The Morgan fingerprint density at radius 2 is 1.79 bits per heavy atom. The minimum Gasteiger partial charge on any atom is -0.325 e. The monoisotopic (exact) mass is 500 g/mol. The quantitative estimate of drug-likeness (QED) is 0.309. The van der Waals surface area contributed by atoms with Gasteiger partial charge in [-0.05, 0) is 42.5 Å². The van der Waals surface area contributed by atoms with Gasteiger partial charge in [-0.25, -0.2) is 18.5 Å². The van der Waals surface area contributed by atoms with Crippen molar-refractivity contribution >= 4 is 55.9 Å². The number of nitrogens with zero attached hydrogens (tertiary/aromatic N) is 2. The molecule has 0 aliphatic carbocycles. The summed E-state index contributed by atoms with van der Waals surface area (Å²) in [7, 11) is -3.90. The average Bonchev–Trinajstić information content (AvgIpc) is 2.78. The maximum atomic E-state index is 13.3. The Labute approximate surface area is 198 Å². The maximum absolute atomic E-state index is 13.3. The van der Waals surface area contributed by atoms with Gasteiger partial charge >= 0.3 is 0 Å². The van der Waals surface area contributed by atoms with E-state index in [1.54, 1.807) is 54.6 Å². The second kappa shape index (κ2) is 9.36. The highest BCUT2D eigenvalue weighted by atomic mass is 35.5. The normalized spacial score (nSPS) is 11.5. The van der Waals surface area contributed by atoms with Crippen LogP contribution in [0.5, 0.6) is 0 Å². The number of carbonyl (C=O) groups is 1. The number of primary sulfonamides is 1. The number of nitrogens with two attached hydrogens (primary N) is 1. The van der Waals surface area contributed by atoms with Crippen molar-refractivity contribution in [1.29, 1.82) is 0 Å². The van der Waals surface area contributed by atoms with Gasteiger partial charge in [0.15, 0.2) is 5.16 Å². The van der Waals surface area contributed by atoms with Crippen LogP contribution >= 0.6 is 23.4 Å². The summed E-state index contributed by atoms with van der Waals surface area (Å²) >= 11 is 7.40. The van der Waals surface area contributed by atoms with E-state index >= 15 is 0 Å². The molecule has 8 nitrogen and oxygen atoms in total. The molecule has 3 N–H and O–H groups in total. The molecule has 4 rings (SSSR count). The second-order valence-corrected chi connectivity index (χ2v) is 9.82. The van der Waals surface area contributed by atoms with Crippen LogP contribution in [0.15, 0.2) is 87.6 Å². The standard InChI is InChI=1S/C22H17ClN4O4S2/c23-17-9-2-4-11-19(17)27-21(29)16-8-1-3-10-18(16)26-22(27)32-13-20(28)25-14-6-5-7-15(12-14)33(24,30)31/h1-12H,13H2,(H,25,28)(H2,24,30,31). The van der Waals surface area contributed by atoms with Crippen LogP contribution in [0.3, 0.4) is 0 Å². The Morgan fingerprint density at radius 1 is 1.06 bits per heavy atom. The summed E-state index contributed by atoms with van der Waals surface area (Å²) in [5.41, 5.74) is 0.917. The fraction of sp³-hybridized carbons (Fsp3) is 0.0455. The smallest absolute Gasteiger partial charge is 0.266 e. The number of para-hydroxylation sites is 2. The van der Waals surface area contributed by atoms with Gasteiger partial charge in [-0.3, -0.25) is 14.2 Å². The zero-order valence-corrected chi connectivity index (χ0v) is 19.3. The van der Waals surface area contributed by atoms with Crippen molar-refractivity contribution in [3.63, 3.8) is 0 Å². The Morgan fingerprint density at radius 3 is 2.55 bits per heavy atom.